The Morgan fingerprint density at radius 3 is 2.84 bits per heavy atom. The third-order valence-electron chi connectivity index (χ3n) is 5.03. The van der Waals surface area contributed by atoms with Crippen LogP contribution in [0, 0.1) is 6.92 Å². The van der Waals surface area contributed by atoms with E-state index in [1.165, 1.54) is 11.3 Å². The van der Waals surface area contributed by atoms with E-state index in [1.54, 1.807) is 4.90 Å². The van der Waals surface area contributed by atoms with Crippen molar-refractivity contribution in [1.29, 1.82) is 0 Å². The largest absolute Gasteiger partial charge is 0.494 e. The smallest absolute Gasteiger partial charge is 0.227 e. The molecule has 0 radical (unpaired) electrons. The second-order valence-electron chi connectivity index (χ2n) is 7.50. The van der Waals surface area contributed by atoms with E-state index in [9.17, 15) is 9.59 Å². The lowest BCUT2D eigenvalue weighted by atomic mass is 10.1. The fourth-order valence-electron chi connectivity index (χ4n) is 3.49. The maximum atomic E-state index is 12.5. The lowest BCUT2D eigenvalue weighted by molar-refractivity contribution is -0.117. The number of aromatic nitrogens is 2. The zero-order valence-electron chi connectivity index (χ0n) is 17.3. The summed E-state index contributed by atoms with van der Waals surface area (Å²) in [4.78, 5) is 26.5. The van der Waals surface area contributed by atoms with E-state index < -0.39 is 0 Å². The molecule has 0 bridgehead atoms. The number of anilines is 2. The summed E-state index contributed by atoms with van der Waals surface area (Å²) in [6.07, 6.45) is 1.34. The Hall–Kier alpha value is -3.26. The van der Waals surface area contributed by atoms with Crippen molar-refractivity contribution in [3.8, 4) is 5.75 Å². The molecule has 1 aromatic heterocycles. The van der Waals surface area contributed by atoms with E-state index in [0.717, 1.165) is 22.0 Å². The van der Waals surface area contributed by atoms with Crippen molar-refractivity contribution in [2.75, 3.05) is 23.4 Å². The topological polar surface area (TPSA) is 84.4 Å². The van der Waals surface area contributed by atoms with Crippen molar-refractivity contribution in [2.45, 2.75) is 32.1 Å². The van der Waals surface area contributed by atoms with Crippen molar-refractivity contribution in [3.05, 3.63) is 65.2 Å². The Labute approximate surface area is 185 Å². The molecule has 2 heterocycles. The highest BCUT2D eigenvalue weighted by atomic mass is 32.1. The van der Waals surface area contributed by atoms with E-state index in [2.05, 4.69) is 15.5 Å². The number of hydrogen-bond acceptors (Lipinski definition) is 6. The summed E-state index contributed by atoms with van der Waals surface area (Å²) < 4.78 is 5.60. The van der Waals surface area contributed by atoms with E-state index >= 15 is 0 Å². The van der Waals surface area contributed by atoms with Gasteiger partial charge in [-0.2, -0.15) is 0 Å². The zero-order chi connectivity index (χ0) is 21.6. The van der Waals surface area contributed by atoms with E-state index in [4.69, 9.17) is 4.74 Å². The molecule has 0 spiro atoms. The van der Waals surface area contributed by atoms with Crippen molar-refractivity contribution in [3.63, 3.8) is 0 Å². The molecule has 8 heteroatoms. The molecule has 1 aliphatic heterocycles. The average molecular weight is 437 g/mol. The van der Waals surface area contributed by atoms with Crippen LogP contribution in [0.25, 0.3) is 0 Å². The van der Waals surface area contributed by atoms with Crippen LogP contribution in [0.2, 0.25) is 0 Å². The van der Waals surface area contributed by atoms with E-state index in [0.29, 0.717) is 37.5 Å². The van der Waals surface area contributed by atoms with E-state index in [-0.39, 0.29) is 17.7 Å². The minimum Gasteiger partial charge on any atom is -0.494 e. The van der Waals surface area contributed by atoms with Crippen LogP contribution in [0.3, 0.4) is 0 Å². The molecule has 4 rings (SSSR count). The molecule has 0 aliphatic carbocycles. The van der Waals surface area contributed by atoms with Crippen LogP contribution in [0.5, 0.6) is 5.75 Å². The highest BCUT2D eigenvalue weighted by molar-refractivity contribution is 7.15. The van der Waals surface area contributed by atoms with Crippen molar-refractivity contribution < 1.29 is 14.3 Å². The third-order valence-corrected chi connectivity index (χ3v) is 6.04. The Kier molecular flexibility index (Phi) is 6.57. The first kappa shape index (κ1) is 21.0. The van der Waals surface area contributed by atoms with Gasteiger partial charge in [-0.3, -0.25) is 9.59 Å². The maximum Gasteiger partial charge on any atom is 0.227 e. The summed E-state index contributed by atoms with van der Waals surface area (Å²) in [6, 6.07) is 17.4. The predicted molar refractivity (Wildman–Crippen MR) is 121 cm³/mol. The Balaban J connectivity index is 1.26. The second kappa shape index (κ2) is 9.70. The van der Waals surface area contributed by atoms with Gasteiger partial charge in [0.2, 0.25) is 16.9 Å². The summed E-state index contributed by atoms with van der Waals surface area (Å²) in [7, 11) is 0. The molecule has 160 valence electrons. The van der Waals surface area contributed by atoms with Gasteiger partial charge in [0.05, 0.1) is 6.61 Å². The van der Waals surface area contributed by atoms with Crippen molar-refractivity contribution in [2.24, 2.45) is 0 Å². The highest BCUT2D eigenvalue weighted by Crippen LogP contribution is 2.34. The third kappa shape index (κ3) is 5.46. The Morgan fingerprint density at radius 2 is 2.03 bits per heavy atom. The quantitative estimate of drug-likeness (QED) is 0.536. The summed E-state index contributed by atoms with van der Waals surface area (Å²) in [5, 5.41) is 12.3. The number of aryl methyl sites for hydroxylation is 1. The number of nitrogens with zero attached hydrogens (tertiary/aromatic N) is 3. The SMILES string of the molecule is Cc1cccc(N2CC(c3nnc(NC(=O)CCCOc4ccccc4)s3)CC2=O)c1. The number of ether oxygens (including phenoxy) is 1. The number of para-hydroxylation sites is 1. The number of rotatable bonds is 8. The Morgan fingerprint density at radius 1 is 1.19 bits per heavy atom. The molecule has 3 aromatic rings. The molecule has 0 saturated carbocycles. The van der Waals surface area contributed by atoms with Crippen molar-refractivity contribution >= 4 is 34.0 Å². The fraction of sp³-hybridized carbons (Fsp3) is 0.304. The lowest BCUT2D eigenvalue weighted by Gasteiger charge is -2.16. The highest BCUT2D eigenvalue weighted by Gasteiger charge is 2.34. The van der Waals surface area contributed by atoms with Gasteiger partial charge in [-0.1, -0.05) is 41.7 Å². The van der Waals surface area contributed by atoms with Gasteiger partial charge in [0, 0.05) is 31.0 Å². The average Bonchev–Trinajstić information content (AvgIpc) is 3.38. The summed E-state index contributed by atoms with van der Waals surface area (Å²) >= 11 is 1.33. The number of amides is 2. The van der Waals surface area contributed by atoms with Gasteiger partial charge in [0.15, 0.2) is 0 Å². The van der Waals surface area contributed by atoms with Gasteiger partial charge < -0.3 is 15.0 Å². The summed E-state index contributed by atoms with van der Waals surface area (Å²) in [5.74, 6) is 0.732. The number of carbonyl (C=O) groups excluding carboxylic acids is 2. The molecule has 2 aromatic carbocycles. The zero-order valence-corrected chi connectivity index (χ0v) is 18.1. The standard InChI is InChI=1S/C23H24N4O3S/c1-16-7-5-8-18(13-16)27-15-17(14-21(27)29)22-25-26-23(31-22)24-20(28)11-6-12-30-19-9-3-2-4-10-19/h2-5,7-10,13,17H,6,11-12,14-15H2,1H3,(H,24,26,28). The van der Waals surface area contributed by atoms with Crippen LogP contribution in [-0.2, 0) is 9.59 Å². The van der Waals surface area contributed by atoms with Crippen LogP contribution >= 0.6 is 11.3 Å². The minimum absolute atomic E-state index is 0.0181. The molecular formula is C23H24N4O3S. The first-order valence-corrected chi connectivity index (χ1v) is 11.1. The van der Waals surface area contributed by atoms with Gasteiger partial charge in [0.1, 0.15) is 10.8 Å². The molecule has 7 nitrogen and oxygen atoms in total. The van der Waals surface area contributed by atoms with Gasteiger partial charge in [-0.25, -0.2) is 0 Å². The van der Waals surface area contributed by atoms with Crippen LogP contribution in [-0.4, -0.2) is 35.2 Å². The normalized spacial score (nSPS) is 15.8. The van der Waals surface area contributed by atoms with Gasteiger partial charge in [-0.05, 0) is 43.2 Å². The van der Waals surface area contributed by atoms with Crippen molar-refractivity contribution in [1.82, 2.24) is 10.2 Å². The Bertz CT molecular complexity index is 1050. The van der Waals surface area contributed by atoms with Crippen LogP contribution < -0.4 is 15.0 Å². The van der Waals surface area contributed by atoms with Gasteiger partial charge >= 0.3 is 0 Å². The molecule has 1 fully saturated rings. The van der Waals surface area contributed by atoms with Crippen LogP contribution in [0.15, 0.2) is 54.6 Å². The molecule has 2 amide bonds. The summed E-state index contributed by atoms with van der Waals surface area (Å²) in [5.41, 5.74) is 2.02. The molecule has 1 unspecified atom stereocenters. The molecule has 1 saturated heterocycles. The number of carbonyl (C=O) groups is 2. The fourth-order valence-corrected chi connectivity index (χ4v) is 4.34. The molecule has 1 atom stereocenters. The first-order valence-electron chi connectivity index (χ1n) is 10.3. The molecule has 1 aliphatic rings. The molecular weight excluding hydrogens is 412 g/mol. The predicted octanol–water partition coefficient (Wildman–Crippen LogP) is 4.16. The van der Waals surface area contributed by atoms with Gasteiger partial charge in [-0.15, -0.1) is 10.2 Å². The number of nitrogens with one attached hydrogen (secondary N) is 1. The molecule has 31 heavy (non-hydrogen) atoms. The monoisotopic (exact) mass is 436 g/mol. The van der Waals surface area contributed by atoms with Crippen LogP contribution in [0.1, 0.15) is 35.8 Å². The first-order chi connectivity index (χ1) is 15.1. The maximum absolute atomic E-state index is 12.5. The molecule has 1 N–H and O–H groups in total. The minimum atomic E-state index is -0.122. The number of benzene rings is 2. The number of hydrogen-bond donors (Lipinski definition) is 1. The second-order valence-corrected chi connectivity index (χ2v) is 8.51. The van der Waals surface area contributed by atoms with E-state index in [1.807, 2.05) is 61.5 Å². The van der Waals surface area contributed by atoms with Gasteiger partial charge in [0.25, 0.3) is 0 Å². The van der Waals surface area contributed by atoms with Crippen LogP contribution in [0.4, 0.5) is 10.8 Å². The lowest BCUT2D eigenvalue weighted by Crippen LogP contribution is -2.24. The summed E-state index contributed by atoms with van der Waals surface area (Å²) in [6.45, 7) is 3.05.